The number of urea groups is 1. The summed E-state index contributed by atoms with van der Waals surface area (Å²) in [5, 5.41) is 10.4. The number of nitrogen functional groups attached to an aromatic ring is 1. The van der Waals surface area contributed by atoms with Crippen molar-refractivity contribution in [3.63, 3.8) is 0 Å². The third kappa shape index (κ3) is 17.7. The zero-order valence-corrected chi connectivity index (χ0v) is 53.7. The number of imide groups is 1. The molecule has 0 saturated carbocycles. The number of likely N-dealkylation sites (N-methyl/N-ethyl adjacent to an activating group) is 1. The van der Waals surface area contributed by atoms with E-state index in [1.165, 1.54) is 17.9 Å². The monoisotopic (exact) mass is 1390 g/mol. The van der Waals surface area contributed by atoms with Gasteiger partial charge in [0.25, 0.3) is 11.8 Å². The van der Waals surface area contributed by atoms with Crippen LogP contribution in [0.3, 0.4) is 0 Å². The molecule has 0 bridgehead atoms. The van der Waals surface area contributed by atoms with Crippen molar-refractivity contribution < 1.29 is 98.4 Å². The molecule has 41 heteroatoms. The fourth-order valence-electron chi connectivity index (χ4n) is 10.1. The zero-order chi connectivity index (χ0) is 67.6. The number of nitrogens with two attached hydrogens (primary N) is 2. The minimum absolute atomic E-state index is 0.00643. The SMILES string of the molecule is CC(C)[C@H](NC(=O)CCOCCN1C(=O)C=CC1=O)C(=O)C[C@@H](CCCNC(N)=O)C(=O)Nc1ccc(COC(=O)N(C)CCOC(=O)Nc2ncnc3c2ncn3[C@@H]2O[C@@H]3COP(O)(=S)O[C@H]4[C@@H](F)[C@H](n5cnc6c(N)ncnc65)O[C@@H]4COP(=O)(S)O[C@H]3[C@H]2F)cc1. The Morgan fingerprint density at radius 3 is 2.14 bits per heavy atom. The van der Waals surface area contributed by atoms with Crippen LogP contribution in [0.5, 0.6) is 0 Å². The smallest absolute Gasteiger partial charge is 0.412 e. The van der Waals surface area contributed by atoms with E-state index in [-0.39, 0.29) is 112 Å². The number of anilines is 3. The molecule has 0 spiro atoms. The van der Waals surface area contributed by atoms with Gasteiger partial charge in [0.2, 0.25) is 11.8 Å². The summed E-state index contributed by atoms with van der Waals surface area (Å²) >= 11 is 9.30. The van der Waals surface area contributed by atoms with E-state index in [1.807, 2.05) is 0 Å². The van der Waals surface area contributed by atoms with Gasteiger partial charge in [-0.3, -0.25) is 56.9 Å². The van der Waals surface area contributed by atoms with Gasteiger partial charge in [-0.05, 0) is 48.3 Å². The van der Waals surface area contributed by atoms with Crippen molar-refractivity contribution in [2.75, 3.05) is 76.1 Å². The van der Waals surface area contributed by atoms with Crippen LogP contribution < -0.4 is 32.7 Å². The van der Waals surface area contributed by atoms with E-state index in [1.54, 1.807) is 38.1 Å². The van der Waals surface area contributed by atoms with Crippen molar-refractivity contribution >= 4 is 125 Å². The van der Waals surface area contributed by atoms with Gasteiger partial charge in [0.05, 0.1) is 58.2 Å². The van der Waals surface area contributed by atoms with E-state index >= 15 is 8.78 Å². The summed E-state index contributed by atoms with van der Waals surface area (Å²) < 4.78 is 99.4. The van der Waals surface area contributed by atoms with E-state index in [2.05, 4.69) is 63.4 Å². The van der Waals surface area contributed by atoms with Gasteiger partial charge in [0.1, 0.15) is 55.8 Å². The molecule has 5 aromatic rings. The average Bonchev–Trinajstić information content (AvgIpc) is 1.62. The number of primary amides is 1. The molecule has 9 rings (SSSR count). The van der Waals surface area contributed by atoms with E-state index < -0.39 is 136 Å². The number of alkyl halides is 2. The lowest BCUT2D eigenvalue weighted by molar-refractivity contribution is -0.138. The number of nitrogens with zero attached hydrogens (tertiary/aromatic N) is 10. The van der Waals surface area contributed by atoms with Crippen molar-refractivity contribution in [3.05, 3.63) is 67.3 Å². The van der Waals surface area contributed by atoms with Crippen LogP contribution in [0.25, 0.3) is 22.3 Å². The second kappa shape index (κ2) is 31.2. The lowest BCUT2D eigenvalue weighted by Gasteiger charge is -2.29. The number of ether oxygens (including phenoxy) is 5. The lowest BCUT2D eigenvalue weighted by atomic mass is 9.89. The summed E-state index contributed by atoms with van der Waals surface area (Å²) in [6, 6.07) is 4.57. The Kier molecular flexibility index (Phi) is 23.4. The summed E-state index contributed by atoms with van der Waals surface area (Å²) in [5.41, 5.74) is 12.1. The van der Waals surface area contributed by atoms with Crippen LogP contribution in [0.15, 0.2) is 61.7 Å². The third-order valence-corrected chi connectivity index (χ3v) is 18.1. The van der Waals surface area contributed by atoms with Gasteiger partial charge < -0.3 is 65.4 Å². The largest absolute Gasteiger partial charge is 0.447 e. The zero-order valence-electron chi connectivity index (χ0n) is 50.2. The van der Waals surface area contributed by atoms with Crippen molar-refractivity contribution in [3.8, 4) is 0 Å². The molecule has 3 saturated heterocycles. The molecule has 35 nitrogen and oxygen atoms in total. The molecule has 4 aliphatic heterocycles. The maximum atomic E-state index is 16.7. The fourth-order valence-corrected chi connectivity index (χ4v) is 13.0. The van der Waals surface area contributed by atoms with Crippen LogP contribution in [-0.4, -0.2) is 204 Å². The van der Waals surface area contributed by atoms with E-state index in [9.17, 15) is 47.8 Å². The number of hydrogen-bond donors (Lipinski definition) is 8. The number of thiol groups is 1. The highest BCUT2D eigenvalue weighted by Gasteiger charge is 2.54. The van der Waals surface area contributed by atoms with Gasteiger partial charge in [0, 0.05) is 50.2 Å². The Bertz CT molecular complexity index is 3750. The van der Waals surface area contributed by atoms with Crippen LogP contribution in [0.4, 0.5) is 40.5 Å². The lowest BCUT2D eigenvalue weighted by Crippen LogP contribution is -2.46. The van der Waals surface area contributed by atoms with Crippen LogP contribution in [0.2, 0.25) is 0 Å². The molecule has 2 unspecified atom stereocenters. The predicted molar refractivity (Wildman–Crippen MR) is 328 cm³/mol. The molecule has 0 aliphatic carbocycles. The normalized spacial score (nSPS) is 25.2. The quantitative estimate of drug-likeness (QED) is 0.0180. The second-order valence-corrected chi connectivity index (χ2v) is 27.5. The minimum Gasteiger partial charge on any atom is -0.447 e. The molecular formula is C53H66F2N16O19P2S2. The maximum Gasteiger partial charge on any atom is 0.412 e. The third-order valence-electron chi connectivity index (χ3n) is 14.9. The number of aromatic nitrogens is 8. The maximum absolute atomic E-state index is 16.7. The van der Waals surface area contributed by atoms with E-state index in [0.29, 0.717) is 11.3 Å². The molecule has 8 heterocycles. The van der Waals surface area contributed by atoms with Gasteiger partial charge in [-0.25, -0.2) is 57.6 Å². The van der Waals surface area contributed by atoms with E-state index in [0.717, 1.165) is 45.5 Å². The molecule has 9 N–H and O–H groups in total. The average molecular weight is 1400 g/mol. The van der Waals surface area contributed by atoms with Crippen LogP contribution in [0, 0.1) is 11.8 Å². The molecular weight excluding hydrogens is 1330 g/mol. The Hall–Kier alpha value is -7.81. The number of amides is 8. The summed E-state index contributed by atoms with van der Waals surface area (Å²) in [7, 11) is 1.39. The summed E-state index contributed by atoms with van der Waals surface area (Å²) in [5.74, 6) is -3.78. The first-order valence-electron chi connectivity index (χ1n) is 29.0. The highest BCUT2D eigenvalue weighted by molar-refractivity contribution is 8.44. The first-order chi connectivity index (χ1) is 44.8. The van der Waals surface area contributed by atoms with Gasteiger partial charge in [0.15, 0.2) is 59.0 Å². The van der Waals surface area contributed by atoms with Crippen LogP contribution in [0.1, 0.15) is 57.6 Å². The Morgan fingerprint density at radius 2 is 1.48 bits per heavy atom. The van der Waals surface area contributed by atoms with Crippen molar-refractivity contribution in [1.29, 1.82) is 0 Å². The van der Waals surface area contributed by atoms with Crippen LogP contribution in [-0.2, 0) is 88.7 Å². The van der Waals surface area contributed by atoms with Gasteiger partial charge in [-0.15, -0.1) is 0 Å². The van der Waals surface area contributed by atoms with Crippen molar-refractivity contribution in [2.45, 2.75) is 101 Å². The Balaban J connectivity index is 0.725. The summed E-state index contributed by atoms with van der Waals surface area (Å²) in [6.45, 7) is -7.60. The highest BCUT2D eigenvalue weighted by Crippen LogP contribution is 2.59. The summed E-state index contributed by atoms with van der Waals surface area (Å²) in [4.78, 5) is 139. The number of imidazole rings is 2. The number of benzene rings is 1. The van der Waals surface area contributed by atoms with Crippen molar-refractivity contribution in [2.24, 2.45) is 17.6 Å². The first-order valence-corrected chi connectivity index (χ1v) is 34.2. The standard InChI is InChI=1S/C53H66F2N16O19P2S2/c1-27(2)39(66-34(73)12-16-82-17-15-69-35(74)10-11-36(69)75)31(72)19-29(5-4-13-58-51(57)77)48(76)65-30-8-6-28(7-9-30)20-84-53(79)68(3)14-18-83-52(78)67-45-41-47(62-24-60-45)71(26-64-41)50-38(55)43-33(88-50)22-86-91(80,93)89-42-32(21-85-92(81,94)90-43)87-49(37(42)54)70-25-63-40-44(56)59-23-61-46(40)70/h6-11,23-27,29,32-33,37-39,42-43,49-50H,4-5,12-22H2,1-3H3,(H,65,76)(H,66,73)(H,80,93)(H,81,94)(H2,56,59,61)(H3,57,58,77)(H,60,62,67,78)/t29-,32-,33-,37-,38-,39+,42-,43-,49-,50-,91?,92?/m1/s1. The Labute approximate surface area is 542 Å². The number of fused-ring (bicyclic) bond motifs is 4. The number of ketones is 1. The number of carbonyl (C=O) groups is 8. The molecule has 94 heavy (non-hydrogen) atoms. The molecule has 508 valence electrons. The predicted octanol–water partition coefficient (Wildman–Crippen LogP) is 3.04. The number of Topliss-reactive ketones (excluding diaryl/α,β-unsaturated/α-hetero) is 1. The number of hydrogen-bond acceptors (Lipinski definition) is 26. The first kappa shape index (κ1) is 70.5. The molecule has 1 aromatic carbocycles. The molecule has 4 aliphatic rings. The van der Waals surface area contributed by atoms with Gasteiger partial charge in [-0.2, -0.15) is 0 Å². The topological polar surface area (TPSA) is 451 Å². The number of rotatable bonds is 25. The van der Waals surface area contributed by atoms with E-state index in [4.69, 9.17) is 65.1 Å². The van der Waals surface area contributed by atoms with Gasteiger partial charge in [-0.1, -0.05) is 38.2 Å². The number of halogens is 2. The molecule has 8 amide bonds. The number of nitrogens with one attached hydrogen (secondary N) is 4. The molecule has 0 radical (unpaired) electrons. The summed E-state index contributed by atoms with van der Waals surface area (Å²) in [6.07, 6.45) is -8.91. The van der Waals surface area contributed by atoms with Gasteiger partial charge >= 0.3 is 31.7 Å². The van der Waals surface area contributed by atoms with Crippen LogP contribution >= 0.6 is 25.8 Å². The molecule has 3 fully saturated rings. The number of carbonyl (C=O) groups excluding carboxylic acids is 8. The molecule has 12 atom stereocenters. The minimum atomic E-state index is -4.57. The Morgan fingerprint density at radius 1 is 0.851 bits per heavy atom. The molecule has 4 aromatic heterocycles. The highest BCUT2D eigenvalue weighted by atomic mass is 32.7. The van der Waals surface area contributed by atoms with Crippen molar-refractivity contribution in [1.82, 2.24) is 59.5 Å². The fraction of sp³-hybridized carbons (Fsp3) is 0.509. The second-order valence-electron chi connectivity index (χ2n) is 21.9.